The van der Waals surface area contributed by atoms with Crippen LogP contribution in [-0.4, -0.2) is 65.3 Å². The molecule has 2 fully saturated rings. The van der Waals surface area contributed by atoms with Gasteiger partial charge in [0.25, 0.3) is 0 Å². The number of likely N-dealkylation sites (tertiary alicyclic amines) is 1. The maximum atomic E-state index is 12.9. The van der Waals surface area contributed by atoms with Crippen LogP contribution in [-0.2, 0) is 12.7 Å². The number of nitrogens with one attached hydrogen (secondary N) is 2. The molecule has 168 valence electrons. The smallest absolute Gasteiger partial charge is 0.387 e. The average molecular weight is 445 g/mol. The maximum absolute atomic E-state index is 12.9. The van der Waals surface area contributed by atoms with Crippen molar-refractivity contribution in [1.29, 1.82) is 0 Å². The Labute approximate surface area is 180 Å². The minimum Gasteiger partial charge on any atom is -0.387 e. The van der Waals surface area contributed by atoms with Crippen molar-refractivity contribution in [2.75, 3.05) is 37.7 Å². The predicted octanol–water partition coefficient (Wildman–Crippen LogP) is 3.09. The van der Waals surface area contributed by atoms with Crippen LogP contribution >= 0.6 is 11.8 Å². The normalized spacial score (nSPS) is 24.2. The molecular formula is C21H31F3N4OS. The summed E-state index contributed by atoms with van der Waals surface area (Å²) >= 11 is 1.76. The van der Waals surface area contributed by atoms with Crippen LogP contribution in [0.2, 0.25) is 0 Å². The lowest BCUT2D eigenvalue weighted by Gasteiger charge is -2.33. The number of hydrogen-bond acceptors (Lipinski definition) is 4. The van der Waals surface area contributed by atoms with E-state index in [2.05, 4.69) is 20.5 Å². The molecule has 0 bridgehead atoms. The van der Waals surface area contributed by atoms with Crippen LogP contribution in [0.5, 0.6) is 0 Å². The molecule has 0 spiro atoms. The van der Waals surface area contributed by atoms with Crippen molar-refractivity contribution in [1.82, 2.24) is 15.5 Å². The van der Waals surface area contributed by atoms with Crippen LogP contribution < -0.4 is 10.6 Å². The van der Waals surface area contributed by atoms with Gasteiger partial charge in [-0.3, -0.25) is 9.89 Å². The maximum Gasteiger partial charge on any atom is 0.416 e. The summed E-state index contributed by atoms with van der Waals surface area (Å²) in [6, 6.07) is 5.84. The number of rotatable bonds is 6. The molecule has 1 aromatic rings. The number of piperidine rings is 1. The summed E-state index contributed by atoms with van der Waals surface area (Å²) in [6.07, 6.45) is -1.75. The molecule has 2 aliphatic rings. The second kappa shape index (κ2) is 10.2. The molecule has 0 amide bonds. The van der Waals surface area contributed by atoms with Gasteiger partial charge in [-0.15, -0.1) is 0 Å². The molecule has 5 nitrogen and oxygen atoms in total. The van der Waals surface area contributed by atoms with Gasteiger partial charge in [0.15, 0.2) is 5.96 Å². The van der Waals surface area contributed by atoms with Gasteiger partial charge in [0.1, 0.15) is 0 Å². The zero-order valence-electron chi connectivity index (χ0n) is 17.3. The van der Waals surface area contributed by atoms with Gasteiger partial charge in [-0.1, -0.05) is 18.2 Å². The Morgan fingerprint density at radius 2 is 2.10 bits per heavy atom. The average Bonchev–Trinajstić information content (AvgIpc) is 3.14. The number of halogens is 3. The second-order valence-corrected chi connectivity index (χ2v) is 9.22. The van der Waals surface area contributed by atoms with Crippen molar-refractivity contribution >= 4 is 17.7 Å². The topological polar surface area (TPSA) is 59.9 Å². The zero-order chi connectivity index (χ0) is 21.6. The van der Waals surface area contributed by atoms with E-state index in [-0.39, 0.29) is 6.04 Å². The fourth-order valence-electron chi connectivity index (χ4n) is 3.80. The lowest BCUT2D eigenvalue weighted by Crippen LogP contribution is -2.49. The quantitative estimate of drug-likeness (QED) is 0.465. The Morgan fingerprint density at radius 3 is 2.73 bits per heavy atom. The highest BCUT2D eigenvalue weighted by Crippen LogP contribution is 2.30. The van der Waals surface area contributed by atoms with Gasteiger partial charge in [-0.2, -0.15) is 24.9 Å². The van der Waals surface area contributed by atoms with Gasteiger partial charge in [-0.25, -0.2) is 0 Å². The van der Waals surface area contributed by atoms with Crippen molar-refractivity contribution in [2.24, 2.45) is 4.99 Å². The molecule has 3 N–H and O–H groups in total. The number of hydrogen-bond donors (Lipinski definition) is 3. The molecular weight excluding hydrogens is 413 g/mol. The SMILES string of the molecule is CCNC(=NCC1(O)CCSC1)NC1CCN(Cc2cccc(C(F)(F)F)c2)CC1. The fourth-order valence-corrected chi connectivity index (χ4v) is 5.08. The van der Waals surface area contributed by atoms with E-state index < -0.39 is 17.3 Å². The van der Waals surface area contributed by atoms with Crippen molar-refractivity contribution < 1.29 is 18.3 Å². The first-order chi connectivity index (χ1) is 14.3. The second-order valence-electron chi connectivity index (χ2n) is 8.11. The van der Waals surface area contributed by atoms with E-state index in [1.54, 1.807) is 17.8 Å². The minimum atomic E-state index is -4.31. The molecule has 0 aliphatic carbocycles. The molecule has 0 aromatic heterocycles. The number of benzene rings is 1. The number of aliphatic imine (C=N–C) groups is 1. The lowest BCUT2D eigenvalue weighted by atomic mass is 10.0. The Hall–Kier alpha value is -1.45. The van der Waals surface area contributed by atoms with E-state index in [4.69, 9.17) is 0 Å². The number of alkyl halides is 3. The summed E-state index contributed by atoms with van der Waals surface area (Å²) in [5.74, 6) is 2.42. The highest BCUT2D eigenvalue weighted by molar-refractivity contribution is 7.99. The minimum absolute atomic E-state index is 0.258. The summed E-state index contributed by atoms with van der Waals surface area (Å²) < 4.78 is 38.7. The molecule has 9 heteroatoms. The third-order valence-electron chi connectivity index (χ3n) is 5.55. The third kappa shape index (κ3) is 6.78. The largest absolute Gasteiger partial charge is 0.416 e. The predicted molar refractivity (Wildman–Crippen MR) is 116 cm³/mol. The van der Waals surface area contributed by atoms with Gasteiger partial charge in [0.05, 0.1) is 17.7 Å². The van der Waals surface area contributed by atoms with E-state index in [0.29, 0.717) is 18.7 Å². The Bertz CT molecular complexity index is 714. The van der Waals surface area contributed by atoms with E-state index >= 15 is 0 Å². The zero-order valence-corrected chi connectivity index (χ0v) is 18.2. The first-order valence-corrected chi connectivity index (χ1v) is 11.7. The van der Waals surface area contributed by atoms with E-state index in [9.17, 15) is 18.3 Å². The molecule has 1 atom stereocenters. The summed E-state index contributed by atoms with van der Waals surface area (Å²) in [6.45, 7) is 5.30. The standard InChI is InChI=1S/C21H31F3N4OS/c1-2-25-19(26-14-20(29)8-11-30-15-20)27-18-6-9-28(10-7-18)13-16-4-3-5-17(12-16)21(22,23)24/h3-5,12,18,29H,2,6-11,13-15H2,1H3,(H2,25,26,27). The van der Waals surface area contributed by atoms with Crippen molar-refractivity contribution in [3.05, 3.63) is 35.4 Å². The molecule has 1 unspecified atom stereocenters. The molecule has 0 saturated carbocycles. The van der Waals surface area contributed by atoms with Crippen LogP contribution in [0, 0.1) is 0 Å². The first kappa shape index (κ1) is 23.2. The fraction of sp³-hybridized carbons (Fsp3) is 0.667. The van der Waals surface area contributed by atoms with E-state index in [1.807, 2.05) is 6.92 Å². The first-order valence-electron chi connectivity index (χ1n) is 10.5. The van der Waals surface area contributed by atoms with Gasteiger partial charge in [0.2, 0.25) is 0 Å². The number of aliphatic hydroxyl groups is 1. The van der Waals surface area contributed by atoms with Crippen LogP contribution in [0.25, 0.3) is 0 Å². The van der Waals surface area contributed by atoms with Crippen molar-refractivity contribution in [3.63, 3.8) is 0 Å². The van der Waals surface area contributed by atoms with Gasteiger partial charge in [-0.05, 0) is 43.6 Å². The summed E-state index contributed by atoms with van der Waals surface area (Å²) in [5, 5.41) is 17.2. The van der Waals surface area contributed by atoms with Gasteiger partial charge in [0, 0.05) is 38.0 Å². The van der Waals surface area contributed by atoms with Crippen LogP contribution in [0.3, 0.4) is 0 Å². The Kier molecular flexibility index (Phi) is 7.92. The van der Waals surface area contributed by atoms with Crippen LogP contribution in [0.1, 0.15) is 37.3 Å². The Balaban J connectivity index is 1.49. The number of nitrogens with zero attached hydrogens (tertiary/aromatic N) is 2. The summed E-state index contributed by atoms with van der Waals surface area (Å²) in [4.78, 5) is 6.78. The lowest BCUT2D eigenvalue weighted by molar-refractivity contribution is -0.137. The van der Waals surface area contributed by atoms with Crippen molar-refractivity contribution in [2.45, 2.75) is 50.6 Å². The molecule has 3 rings (SSSR count). The number of thioether (sulfide) groups is 1. The third-order valence-corrected chi connectivity index (χ3v) is 6.78. The molecule has 0 radical (unpaired) electrons. The van der Waals surface area contributed by atoms with Crippen LogP contribution in [0.15, 0.2) is 29.3 Å². The van der Waals surface area contributed by atoms with E-state index in [1.165, 1.54) is 12.1 Å². The van der Waals surface area contributed by atoms with Gasteiger partial charge >= 0.3 is 6.18 Å². The molecule has 30 heavy (non-hydrogen) atoms. The Morgan fingerprint density at radius 1 is 1.33 bits per heavy atom. The highest BCUT2D eigenvalue weighted by atomic mass is 32.2. The van der Waals surface area contributed by atoms with E-state index in [0.717, 1.165) is 62.4 Å². The number of guanidine groups is 1. The van der Waals surface area contributed by atoms with Crippen LogP contribution in [0.4, 0.5) is 13.2 Å². The molecule has 2 saturated heterocycles. The monoisotopic (exact) mass is 444 g/mol. The molecule has 1 aromatic carbocycles. The molecule has 2 heterocycles. The molecule has 2 aliphatic heterocycles. The summed E-state index contributed by atoms with van der Waals surface area (Å²) in [7, 11) is 0. The van der Waals surface area contributed by atoms with Crippen molar-refractivity contribution in [3.8, 4) is 0 Å². The highest BCUT2D eigenvalue weighted by Gasteiger charge is 2.32. The van der Waals surface area contributed by atoms with Gasteiger partial charge < -0.3 is 15.7 Å². The summed E-state index contributed by atoms with van der Waals surface area (Å²) in [5.41, 5.74) is -0.611.